The quantitative estimate of drug-likeness (QED) is 0.810. The van der Waals surface area contributed by atoms with Crippen LogP contribution in [0.1, 0.15) is 38.1 Å². The summed E-state index contributed by atoms with van der Waals surface area (Å²) < 4.78 is 1.04. The normalized spacial score (nSPS) is 10.8. The zero-order valence-corrected chi connectivity index (χ0v) is 14.5. The molecule has 2 rings (SSSR count). The summed E-state index contributed by atoms with van der Waals surface area (Å²) in [5.41, 5.74) is 2.03. The van der Waals surface area contributed by atoms with Gasteiger partial charge in [0.05, 0.1) is 0 Å². The lowest BCUT2D eigenvalue weighted by molar-refractivity contribution is 0.774. The summed E-state index contributed by atoms with van der Waals surface area (Å²) in [6, 6.07) is 8.05. The molecule has 0 amide bonds. The van der Waals surface area contributed by atoms with Crippen molar-refractivity contribution >= 4 is 33.3 Å². The number of aromatic nitrogens is 2. The second kappa shape index (κ2) is 6.89. The topological polar surface area (TPSA) is 49.8 Å². The number of benzene rings is 1. The summed E-state index contributed by atoms with van der Waals surface area (Å²) in [7, 11) is 0. The SMILES string of the molecule is CCNc1nc(C(C)C)nc(Nc2cccc(Br)c2)c1C. The van der Waals surface area contributed by atoms with Crippen molar-refractivity contribution in [2.45, 2.75) is 33.6 Å². The largest absolute Gasteiger partial charge is 0.370 e. The standard InChI is InChI=1S/C16H21BrN4/c1-5-18-15-11(4)16(21-14(20-15)10(2)3)19-13-8-6-7-12(17)9-13/h6-10H,5H2,1-4H3,(H2,18,19,20,21). The molecule has 0 radical (unpaired) electrons. The fourth-order valence-electron chi connectivity index (χ4n) is 1.96. The fourth-order valence-corrected chi connectivity index (χ4v) is 2.36. The van der Waals surface area contributed by atoms with E-state index in [0.29, 0.717) is 0 Å². The van der Waals surface area contributed by atoms with E-state index in [0.717, 1.165) is 39.7 Å². The van der Waals surface area contributed by atoms with Gasteiger partial charge in [0.2, 0.25) is 0 Å². The minimum atomic E-state index is 0.283. The van der Waals surface area contributed by atoms with Gasteiger partial charge in [-0.2, -0.15) is 0 Å². The molecule has 1 heterocycles. The number of anilines is 3. The van der Waals surface area contributed by atoms with Crippen LogP contribution in [-0.4, -0.2) is 16.5 Å². The Hall–Kier alpha value is -1.62. The summed E-state index contributed by atoms with van der Waals surface area (Å²) in [5.74, 6) is 2.87. The fraction of sp³-hybridized carbons (Fsp3) is 0.375. The van der Waals surface area contributed by atoms with Crippen molar-refractivity contribution in [3.8, 4) is 0 Å². The van der Waals surface area contributed by atoms with E-state index in [9.17, 15) is 0 Å². The van der Waals surface area contributed by atoms with Gasteiger partial charge in [-0.25, -0.2) is 9.97 Å². The third kappa shape index (κ3) is 3.94. The van der Waals surface area contributed by atoms with Gasteiger partial charge in [0.15, 0.2) is 0 Å². The lowest BCUT2D eigenvalue weighted by Gasteiger charge is -2.16. The zero-order valence-electron chi connectivity index (χ0n) is 12.9. The number of rotatable bonds is 5. The van der Waals surface area contributed by atoms with Crippen LogP contribution in [0.25, 0.3) is 0 Å². The highest BCUT2D eigenvalue weighted by Gasteiger charge is 2.13. The number of halogens is 1. The number of hydrogen-bond donors (Lipinski definition) is 2. The molecule has 2 aromatic rings. The molecule has 0 aliphatic carbocycles. The van der Waals surface area contributed by atoms with Crippen molar-refractivity contribution in [3.05, 3.63) is 40.1 Å². The lowest BCUT2D eigenvalue weighted by atomic mass is 10.2. The summed E-state index contributed by atoms with van der Waals surface area (Å²) in [6.45, 7) is 9.14. The van der Waals surface area contributed by atoms with Crippen LogP contribution in [-0.2, 0) is 0 Å². The van der Waals surface area contributed by atoms with Crippen molar-refractivity contribution in [1.82, 2.24) is 9.97 Å². The van der Waals surface area contributed by atoms with Crippen molar-refractivity contribution in [2.75, 3.05) is 17.2 Å². The molecule has 0 bridgehead atoms. The first-order chi connectivity index (χ1) is 10.0. The molecule has 1 aromatic carbocycles. The van der Waals surface area contributed by atoms with Crippen LogP contribution in [0.4, 0.5) is 17.3 Å². The van der Waals surface area contributed by atoms with Gasteiger partial charge in [-0.3, -0.25) is 0 Å². The van der Waals surface area contributed by atoms with Crippen molar-refractivity contribution in [2.24, 2.45) is 0 Å². The van der Waals surface area contributed by atoms with E-state index in [1.54, 1.807) is 0 Å². The van der Waals surface area contributed by atoms with E-state index in [-0.39, 0.29) is 5.92 Å². The summed E-state index contributed by atoms with van der Waals surface area (Å²) in [4.78, 5) is 9.27. The second-order valence-electron chi connectivity index (χ2n) is 5.22. The highest BCUT2D eigenvalue weighted by molar-refractivity contribution is 9.10. The molecular weight excluding hydrogens is 328 g/mol. The molecule has 112 valence electrons. The van der Waals surface area contributed by atoms with Crippen LogP contribution in [0, 0.1) is 6.92 Å². The highest BCUT2D eigenvalue weighted by Crippen LogP contribution is 2.26. The maximum Gasteiger partial charge on any atom is 0.139 e. The molecule has 5 heteroatoms. The number of nitrogens with one attached hydrogen (secondary N) is 2. The predicted molar refractivity (Wildman–Crippen MR) is 92.4 cm³/mol. The molecular formula is C16H21BrN4. The van der Waals surface area contributed by atoms with Gasteiger partial charge in [0, 0.05) is 28.2 Å². The minimum absolute atomic E-state index is 0.283. The number of nitrogens with zero attached hydrogens (tertiary/aromatic N) is 2. The first-order valence-electron chi connectivity index (χ1n) is 7.16. The molecule has 0 aliphatic heterocycles. The molecule has 0 saturated carbocycles. The third-order valence-corrected chi connectivity index (χ3v) is 3.60. The van der Waals surface area contributed by atoms with E-state index < -0.39 is 0 Å². The van der Waals surface area contributed by atoms with Gasteiger partial charge >= 0.3 is 0 Å². The maximum atomic E-state index is 4.66. The molecule has 0 aliphatic rings. The van der Waals surface area contributed by atoms with E-state index in [1.807, 2.05) is 31.2 Å². The molecule has 2 N–H and O–H groups in total. The second-order valence-corrected chi connectivity index (χ2v) is 6.14. The van der Waals surface area contributed by atoms with Gasteiger partial charge in [0.25, 0.3) is 0 Å². The Morgan fingerprint density at radius 2 is 1.90 bits per heavy atom. The van der Waals surface area contributed by atoms with Gasteiger partial charge in [-0.1, -0.05) is 35.8 Å². The Morgan fingerprint density at radius 3 is 2.52 bits per heavy atom. The zero-order chi connectivity index (χ0) is 15.4. The third-order valence-electron chi connectivity index (χ3n) is 3.11. The van der Waals surface area contributed by atoms with Crippen LogP contribution in [0.3, 0.4) is 0 Å². The van der Waals surface area contributed by atoms with Crippen LogP contribution >= 0.6 is 15.9 Å². The molecule has 4 nitrogen and oxygen atoms in total. The van der Waals surface area contributed by atoms with Gasteiger partial charge < -0.3 is 10.6 Å². The molecule has 21 heavy (non-hydrogen) atoms. The van der Waals surface area contributed by atoms with Gasteiger partial charge in [0.1, 0.15) is 17.5 Å². The Labute approximate surface area is 134 Å². The number of hydrogen-bond acceptors (Lipinski definition) is 4. The van der Waals surface area contributed by atoms with Crippen LogP contribution in [0.15, 0.2) is 28.7 Å². The van der Waals surface area contributed by atoms with Crippen LogP contribution in [0.5, 0.6) is 0 Å². The molecule has 0 spiro atoms. The Balaban J connectivity index is 2.41. The first-order valence-corrected chi connectivity index (χ1v) is 7.95. The van der Waals surface area contributed by atoms with Gasteiger partial charge in [-0.05, 0) is 32.0 Å². The first kappa shape index (κ1) is 15.8. The lowest BCUT2D eigenvalue weighted by Crippen LogP contribution is -2.10. The Kier molecular flexibility index (Phi) is 5.17. The maximum absolute atomic E-state index is 4.66. The van der Waals surface area contributed by atoms with Gasteiger partial charge in [-0.15, -0.1) is 0 Å². The summed E-state index contributed by atoms with van der Waals surface area (Å²) in [5, 5.41) is 6.69. The van der Waals surface area contributed by atoms with E-state index >= 15 is 0 Å². The van der Waals surface area contributed by atoms with Crippen molar-refractivity contribution in [3.63, 3.8) is 0 Å². The average molecular weight is 349 g/mol. The van der Waals surface area contributed by atoms with E-state index in [2.05, 4.69) is 57.3 Å². The van der Waals surface area contributed by atoms with E-state index in [4.69, 9.17) is 0 Å². The smallest absolute Gasteiger partial charge is 0.139 e. The molecule has 0 fully saturated rings. The molecule has 1 aromatic heterocycles. The summed E-state index contributed by atoms with van der Waals surface area (Å²) in [6.07, 6.45) is 0. The van der Waals surface area contributed by atoms with E-state index in [1.165, 1.54) is 0 Å². The Morgan fingerprint density at radius 1 is 1.19 bits per heavy atom. The Bertz CT molecular complexity index is 626. The van der Waals surface area contributed by atoms with Crippen molar-refractivity contribution in [1.29, 1.82) is 0 Å². The monoisotopic (exact) mass is 348 g/mol. The van der Waals surface area contributed by atoms with Crippen molar-refractivity contribution < 1.29 is 0 Å². The predicted octanol–water partition coefficient (Wildman–Crippen LogP) is 4.85. The highest BCUT2D eigenvalue weighted by atomic mass is 79.9. The molecule has 0 unspecified atom stereocenters. The average Bonchev–Trinajstić information content (AvgIpc) is 2.43. The minimum Gasteiger partial charge on any atom is -0.370 e. The molecule has 0 saturated heterocycles. The van der Waals surface area contributed by atoms with Crippen LogP contribution < -0.4 is 10.6 Å². The summed E-state index contributed by atoms with van der Waals surface area (Å²) >= 11 is 3.49. The molecule has 0 atom stereocenters. The van der Waals surface area contributed by atoms with Crippen LogP contribution in [0.2, 0.25) is 0 Å².